The number of ether oxygens (including phenoxy) is 3. The first-order valence-electron chi connectivity index (χ1n) is 10.7. The zero-order valence-electron chi connectivity index (χ0n) is 20.0. The van der Waals surface area contributed by atoms with Gasteiger partial charge in [-0.3, -0.25) is 14.4 Å². The molecule has 1 atom stereocenters. The molecule has 9 heteroatoms. The van der Waals surface area contributed by atoms with Crippen LogP contribution in [0.2, 0.25) is 0 Å². The van der Waals surface area contributed by atoms with Crippen LogP contribution in [-0.4, -0.2) is 56.9 Å². The quantitative estimate of drug-likeness (QED) is 0.397. The van der Waals surface area contributed by atoms with E-state index in [0.717, 1.165) is 5.46 Å². The van der Waals surface area contributed by atoms with E-state index >= 15 is 0 Å². The molecule has 1 aliphatic rings. The van der Waals surface area contributed by atoms with E-state index in [-0.39, 0.29) is 25.0 Å². The Hall–Kier alpha value is -2.39. The van der Waals surface area contributed by atoms with Crippen molar-refractivity contribution in [2.45, 2.75) is 65.1 Å². The lowest BCUT2D eigenvalue weighted by Gasteiger charge is -2.32. The summed E-state index contributed by atoms with van der Waals surface area (Å²) < 4.78 is 27.3. The molecule has 1 heterocycles. The largest absolute Gasteiger partial charge is 0.494 e. The number of esters is 2. The topological polar surface area (TPSA) is 97.4 Å². The van der Waals surface area contributed by atoms with E-state index in [0.29, 0.717) is 17.9 Å². The summed E-state index contributed by atoms with van der Waals surface area (Å²) in [7, 11) is 1.90. The Morgan fingerprint density at radius 3 is 2.16 bits per heavy atom. The van der Waals surface area contributed by atoms with E-state index in [4.69, 9.17) is 18.8 Å². The minimum Gasteiger partial charge on any atom is -0.494 e. The summed E-state index contributed by atoms with van der Waals surface area (Å²) in [5.74, 6) is -1.75. The van der Waals surface area contributed by atoms with Crippen molar-refractivity contribution < 1.29 is 37.9 Å². The first kappa shape index (κ1) is 25.9. The number of methoxy groups -OCH3 is 2. The van der Waals surface area contributed by atoms with Gasteiger partial charge in [0.1, 0.15) is 11.5 Å². The van der Waals surface area contributed by atoms with Crippen LogP contribution in [0.1, 0.15) is 53.0 Å². The Balaban J connectivity index is 2.18. The molecular weight excluding hydrogens is 415 g/mol. The van der Waals surface area contributed by atoms with Crippen molar-refractivity contribution in [3.63, 3.8) is 0 Å². The van der Waals surface area contributed by atoms with Gasteiger partial charge in [-0.05, 0) is 46.1 Å². The summed E-state index contributed by atoms with van der Waals surface area (Å²) in [5.41, 5.74) is 0.529. The highest BCUT2D eigenvalue weighted by atomic mass is 16.7. The van der Waals surface area contributed by atoms with Crippen molar-refractivity contribution in [1.29, 1.82) is 0 Å². The highest BCUT2D eigenvalue weighted by Crippen LogP contribution is 2.36. The van der Waals surface area contributed by atoms with Crippen LogP contribution in [0.15, 0.2) is 18.2 Å². The monoisotopic (exact) mass is 448 g/mol. The van der Waals surface area contributed by atoms with Gasteiger partial charge >= 0.3 is 19.1 Å². The Morgan fingerprint density at radius 1 is 1.00 bits per heavy atom. The number of benzene rings is 1. The number of carbonyl (C=O) groups excluding carboxylic acids is 3. The average molecular weight is 448 g/mol. The second kappa shape index (κ2) is 10.5. The second-order valence-electron chi connectivity index (χ2n) is 8.81. The molecule has 0 radical (unpaired) electrons. The van der Waals surface area contributed by atoms with Crippen molar-refractivity contribution in [3.05, 3.63) is 23.8 Å². The molecule has 1 fully saturated rings. The first-order chi connectivity index (χ1) is 14.9. The van der Waals surface area contributed by atoms with Gasteiger partial charge in [0.05, 0.1) is 44.4 Å². The van der Waals surface area contributed by atoms with Crippen molar-refractivity contribution in [3.8, 4) is 5.75 Å². The average Bonchev–Trinajstić information content (AvgIpc) is 2.95. The van der Waals surface area contributed by atoms with Gasteiger partial charge in [-0.15, -0.1) is 0 Å². The van der Waals surface area contributed by atoms with Crippen molar-refractivity contribution in [2.24, 2.45) is 5.92 Å². The van der Waals surface area contributed by atoms with E-state index in [1.807, 2.05) is 46.8 Å². The van der Waals surface area contributed by atoms with Gasteiger partial charge in [0, 0.05) is 18.4 Å². The summed E-state index contributed by atoms with van der Waals surface area (Å²) in [6.07, 6.45) is -0.298. The van der Waals surface area contributed by atoms with Crippen molar-refractivity contribution in [2.75, 3.05) is 20.8 Å². The predicted octanol–water partition coefficient (Wildman–Crippen LogP) is 2.24. The summed E-state index contributed by atoms with van der Waals surface area (Å²) >= 11 is 0. The molecule has 1 aromatic carbocycles. The summed E-state index contributed by atoms with van der Waals surface area (Å²) in [6, 6.07) is 5.47. The fourth-order valence-electron chi connectivity index (χ4n) is 3.38. The number of carbonyl (C=O) groups is 3. The van der Waals surface area contributed by atoms with Gasteiger partial charge in [0.2, 0.25) is 0 Å². The van der Waals surface area contributed by atoms with Crippen LogP contribution in [-0.2, 0) is 39.6 Å². The third-order valence-corrected chi connectivity index (χ3v) is 5.95. The SMILES string of the molecule is CCOc1cc(B2OC(C)(C)C(C)(C)O2)ccc1CC(=O)C[C@@H](CC(=O)OC)C(=O)OC. The van der Waals surface area contributed by atoms with Crippen LogP contribution >= 0.6 is 0 Å². The minimum atomic E-state index is -0.889. The molecular formula is C23H33BO8. The number of ketones is 1. The molecule has 32 heavy (non-hydrogen) atoms. The number of hydrogen-bond acceptors (Lipinski definition) is 8. The number of Topliss-reactive ketones (excluding diaryl/α,β-unsaturated/α-hetero) is 1. The van der Waals surface area contributed by atoms with Gasteiger partial charge in [-0.25, -0.2) is 0 Å². The maximum Gasteiger partial charge on any atom is 0.494 e. The van der Waals surface area contributed by atoms with Crippen LogP contribution in [0.25, 0.3) is 0 Å². The standard InChI is InChI=1S/C23H33BO8/c1-8-30-19-14-17(24-31-22(2,3)23(4,5)32-24)10-9-15(19)11-18(25)12-16(21(27)29-7)13-20(26)28-6/h9-10,14,16H,8,11-13H2,1-7H3/t16-/m0/s1. The lowest BCUT2D eigenvalue weighted by Crippen LogP contribution is -2.41. The third-order valence-electron chi connectivity index (χ3n) is 5.95. The van der Waals surface area contributed by atoms with Crippen LogP contribution in [0.5, 0.6) is 5.75 Å². The molecule has 0 amide bonds. The molecule has 0 spiro atoms. The smallest absolute Gasteiger partial charge is 0.494 e. The normalized spacial score (nSPS) is 17.5. The van der Waals surface area contributed by atoms with Crippen LogP contribution < -0.4 is 10.2 Å². The molecule has 1 aromatic rings. The van der Waals surface area contributed by atoms with Crippen molar-refractivity contribution >= 4 is 30.3 Å². The molecule has 0 N–H and O–H groups in total. The molecule has 8 nitrogen and oxygen atoms in total. The Bertz CT molecular complexity index is 832. The highest BCUT2D eigenvalue weighted by Gasteiger charge is 2.51. The molecule has 176 valence electrons. The molecule has 1 aliphatic heterocycles. The Labute approximate surface area is 190 Å². The van der Waals surface area contributed by atoms with E-state index in [9.17, 15) is 14.4 Å². The fourth-order valence-corrected chi connectivity index (χ4v) is 3.38. The fraction of sp³-hybridized carbons (Fsp3) is 0.609. The first-order valence-corrected chi connectivity index (χ1v) is 10.7. The molecule has 0 bridgehead atoms. The predicted molar refractivity (Wildman–Crippen MR) is 119 cm³/mol. The maximum absolute atomic E-state index is 12.7. The highest BCUT2D eigenvalue weighted by molar-refractivity contribution is 6.62. The summed E-state index contributed by atoms with van der Waals surface area (Å²) in [6.45, 7) is 10.2. The van der Waals surface area contributed by atoms with Crippen LogP contribution in [0, 0.1) is 5.92 Å². The lowest BCUT2D eigenvalue weighted by atomic mass is 9.78. The Morgan fingerprint density at radius 2 is 1.62 bits per heavy atom. The van der Waals surface area contributed by atoms with E-state index < -0.39 is 36.2 Å². The molecule has 2 rings (SSSR count). The molecule has 0 unspecified atom stereocenters. The zero-order valence-corrected chi connectivity index (χ0v) is 20.0. The van der Waals surface area contributed by atoms with Gasteiger partial charge in [-0.2, -0.15) is 0 Å². The molecule has 0 aromatic heterocycles. The van der Waals surface area contributed by atoms with E-state index in [1.165, 1.54) is 14.2 Å². The maximum atomic E-state index is 12.7. The molecule has 0 saturated carbocycles. The number of rotatable bonds is 10. The molecule has 1 saturated heterocycles. The minimum absolute atomic E-state index is 0.0493. The van der Waals surface area contributed by atoms with Gasteiger partial charge in [0.15, 0.2) is 0 Å². The lowest BCUT2D eigenvalue weighted by molar-refractivity contribution is -0.153. The summed E-state index contributed by atoms with van der Waals surface area (Å²) in [4.78, 5) is 36.3. The van der Waals surface area contributed by atoms with Crippen molar-refractivity contribution in [1.82, 2.24) is 0 Å². The van der Waals surface area contributed by atoms with Gasteiger partial charge < -0.3 is 23.5 Å². The number of hydrogen-bond donors (Lipinski definition) is 0. The molecule has 0 aliphatic carbocycles. The van der Waals surface area contributed by atoms with E-state index in [1.54, 1.807) is 6.07 Å². The third kappa shape index (κ3) is 6.10. The Kier molecular flexibility index (Phi) is 8.48. The van der Waals surface area contributed by atoms with E-state index in [2.05, 4.69) is 4.74 Å². The van der Waals surface area contributed by atoms with Gasteiger partial charge in [0.25, 0.3) is 0 Å². The van der Waals surface area contributed by atoms with Crippen LogP contribution in [0.4, 0.5) is 0 Å². The summed E-state index contributed by atoms with van der Waals surface area (Å²) in [5, 5.41) is 0. The van der Waals surface area contributed by atoms with Gasteiger partial charge in [-0.1, -0.05) is 12.1 Å². The second-order valence-corrected chi connectivity index (χ2v) is 8.81. The zero-order chi connectivity index (χ0) is 24.1. The van der Waals surface area contributed by atoms with Crippen LogP contribution in [0.3, 0.4) is 0 Å².